The zero-order chi connectivity index (χ0) is 18.4. The van der Waals surface area contributed by atoms with Crippen molar-refractivity contribution in [1.82, 2.24) is 10.3 Å². The molecule has 1 N–H and O–H groups in total. The Morgan fingerprint density at radius 1 is 1.08 bits per heavy atom. The molecule has 26 heavy (non-hydrogen) atoms. The molecule has 0 spiro atoms. The molecule has 6 heteroatoms. The molecule has 0 bridgehead atoms. The number of ether oxygens (including phenoxy) is 2. The Hall–Kier alpha value is -2.86. The molecule has 1 aromatic heterocycles. The Morgan fingerprint density at radius 2 is 1.77 bits per heavy atom. The molecule has 1 heterocycles. The fraction of sp³-hybridized carbons (Fsp3) is 0.200. The minimum absolute atomic E-state index is 0.196. The lowest BCUT2D eigenvalue weighted by Crippen LogP contribution is -2.28. The van der Waals surface area contributed by atoms with Crippen molar-refractivity contribution in [2.24, 2.45) is 0 Å². The van der Waals surface area contributed by atoms with Crippen LogP contribution < -0.4 is 14.8 Å². The number of rotatable bonds is 7. The van der Waals surface area contributed by atoms with Gasteiger partial charge in [0.2, 0.25) is 0 Å². The second kappa shape index (κ2) is 8.49. The summed E-state index contributed by atoms with van der Waals surface area (Å²) in [5.74, 6) is 1.31. The number of nitrogens with one attached hydrogen (secondary N) is 1. The van der Waals surface area contributed by atoms with Crippen LogP contribution in [-0.4, -0.2) is 31.2 Å². The minimum Gasteiger partial charge on any atom is -0.497 e. The van der Waals surface area contributed by atoms with Gasteiger partial charge in [-0.3, -0.25) is 4.79 Å². The number of thiazole rings is 1. The SMILES string of the molecule is COc1ccc(OCCNC(=O)c2csc(-c3ccc(C)cc3)n2)cc1. The number of hydrogen-bond donors (Lipinski definition) is 1. The summed E-state index contributed by atoms with van der Waals surface area (Å²) in [7, 11) is 1.62. The first-order chi connectivity index (χ1) is 12.7. The van der Waals surface area contributed by atoms with Crippen LogP contribution in [0.25, 0.3) is 10.6 Å². The van der Waals surface area contributed by atoms with Gasteiger partial charge in [-0.1, -0.05) is 29.8 Å². The van der Waals surface area contributed by atoms with Gasteiger partial charge in [0.15, 0.2) is 0 Å². The largest absolute Gasteiger partial charge is 0.497 e. The Bertz CT molecular complexity index is 858. The third kappa shape index (κ3) is 4.61. The summed E-state index contributed by atoms with van der Waals surface area (Å²) in [5.41, 5.74) is 2.64. The Kier molecular flexibility index (Phi) is 5.86. The highest BCUT2D eigenvalue weighted by atomic mass is 32.1. The molecule has 0 radical (unpaired) electrons. The van der Waals surface area contributed by atoms with Crippen LogP contribution in [0.2, 0.25) is 0 Å². The molecule has 0 saturated heterocycles. The zero-order valence-corrected chi connectivity index (χ0v) is 15.5. The van der Waals surface area contributed by atoms with Gasteiger partial charge < -0.3 is 14.8 Å². The number of benzene rings is 2. The molecule has 3 rings (SSSR count). The van der Waals surface area contributed by atoms with Crippen molar-refractivity contribution in [3.63, 3.8) is 0 Å². The lowest BCUT2D eigenvalue weighted by Gasteiger charge is -2.07. The molecule has 134 valence electrons. The van der Waals surface area contributed by atoms with E-state index in [2.05, 4.69) is 10.3 Å². The lowest BCUT2D eigenvalue weighted by atomic mass is 10.2. The van der Waals surface area contributed by atoms with Crippen molar-refractivity contribution < 1.29 is 14.3 Å². The number of nitrogens with zero attached hydrogens (tertiary/aromatic N) is 1. The lowest BCUT2D eigenvalue weighted by molar-refractivity contribution is 0.0943. The minimum atomic E-state index is -0.196. The van der Waals surface area contributed by atoms with E-state index >= 15 is 0 Å². The Balaban J connectivity index is 1.48. The number of hydrogen-bond acceptors (Lipinski definition) is 5. The van der Waals surface area contributed by atoms with Crippen LogP contribution in [0.4, 0.5) is 0 Å². The number of carbonyl (C=O) groups is 1. The number of methoxy groups -OCH3 is 1. The third-order valence-corrected chi connectivity index (χ3v) is 4.64. The van der Waals surface area contributed by atoms with Crippen molar-refractivity contribution in [1.29, 1.82) is 0 Å². The van der Waals surface area contributed by atoms with Crippen LogP contribution in [0.5, 0.6) is 11.5 Å². The monoisotopic (exact) mass is 368 g/mol. The maximum atomic E-state index is 12.2. The van der Waals surface area contributed by atoms with Gasteiger partial charge in [-0.05, 0) is 31.2 Å². The van der Waals surface area contributed by atoms with Crippen LogP contribution in [0.3, 0.4) is 0 Å². The zero-order valence-electron chi connectivity index (χ0n) is 14.7. The van der Waals surface area contributed by atoms with Gasteiger partial charge in [-0.25, -0.2) is 4.98 Å². The van der Waals surface area contributed by atoms with Gasteiger partial charge in [-0.15, -0.1) is 11.3 Å². The van der Waals surface area contributed by atoms with Gasteiger partial charge in [0, 0.05) is 10.9 Å². The van der Waals surface area contributed by atoms with E-state index < -0.39 is 0 Å². The summed E-state index contributed by atoms with van der Waals surface area (Å²) in [6, 6.07) is 15.4. The highest BCUT2D eigenvalue weighted by Gasteiger charge is 2.11. The Labute approximate surface area is 156 Å². The highest BCUT2D eigenvalue weighted by molar-refractivity contribution is 7.13. The summed E-state index contributed by atoms with van der Waals surface area (Å²) in [4.78, 5) is 16.6. The van der Waals surface area contributed by atoms with E-state index in [1.54, 1.807) is 12.5 Å². The van der Waals surface area contributed by atoms with Crippen molar-refractivity contribution in [3.05, 3.63) is 65.2 Å². The predicted octanol–water partition coefficient (Wildman–Crippen LogP) is 3.94. The smallest absolute Gasteiger partial charge is 0.270 e. The summed E-state index contributed by atoms with van der Waals surface area (Å²) >= 11 is 1.46. The second-order valence-electron chi connectivity index (χ2n) is 5.68. The molecule has 1 amide bonds. The van der Waals surface area contributed by atoms with Gasteiger partial charge in [0.05, 0.1) is 13.7 Å². The van der Waals surface area contributed by atoms with E-state index in [0.29, 0.717) is 18.8 Å². The van der Waals surface area contributed by atoms with Gasteiger partial charge >= 0.3 is 0 Å². The first kappa shape index (κ1) is 17.9. The summed E-state index contributed by atoms with van der Waals surface area (Å²) in [6.07, 6.45) is 0. The van der Waals surface area contributed by atoms with E-state index in [1.165, 1.54) is 16.9 Å². The van der Waals surface area contributed by atoms with Crippen molar-refractivity contribution in [2.75, 3.05) is 20.3 Å². The molecular formula is C20H20N2O3S. The maximum Gasteiger partial charge on any atom is 0.270 e. The van der Waals surface area contributed by atoms with Gasteiger partial charge in [0.1, 0.15) is 28.8 Å². The number of aromatic nitrogens is 1. The molecule has 0 atom stereocenters. The number of aryl methyl sites for hydroxylation is 1. The van der Waals surface area contributed by atoms with E-state index in [9.17, 15) is 4.79 Å². The molecule has 2 aromatic carbocycles. The van der Waals surface area contributed by atoms with Crippen LogP contribution in [0, 0.1) is 6.92 Å². The number of amides is 1. The highest BCUT2D eigenvalue weighted by Crippen LogP contribution is 2.24. The summed E-state index contributed by atoms with van der Waals surface area (Å²) < 4.78 is 10.7. The van der Waals surface area contributed by atoms with Crippen LogP contribution in [0.1, 0.15) is 16.1 Å². The molecule has 3 aromatic rings. The molecule has 0 aliphatic carbocycles. The molecule has 0 saturated carbocycles. The quantitative estimate of drug-likeness (QED) is 0.642. The average Bonchev–Trinajstić information content (AvgIpc) is 3.16. The summed E-state index contributed by atoms with van der Waals surface area (Å²) in [5, 5.41) is 5.43. The van der Waals surface area contributed by atoms with E-state index in [4.69, 9.17) is 9.47 Å². The van der Waals surface area contributed by atoms with Crippen molar-refractivity contribution in [2.45, 2.75) is 6.92 Å². The first-order valence-electron chi connectivity index (χ1n) is 8.23. The van der Waals surface area contributed by atoms with Crippen LogP contribution >= 0.6 is 11.3 Å². The van der Waals surface area contributed by atoms with E-state index in [0.717, 1.165) is 22.1 Å². The topological polar surface area (TPSA) is 60.5 Å². The average molecular weight is 368 g/mol. The van der Waals surface area contributed by atoms with Crippen LogP contribution in [0.15, 0.2) is 53.9 Å². The predicted molar refractivity (Wildman–Crippen MR) is 103 cm³/mol. The van der Waals surface area contributed by atoms with E-state index in [1.807, 2.05) is 55.5 Å². The molecular weight excluding hydrogens is 348 g/mol. The first-order valence-corrected chi connectivity index (χ1v) is 9.11. The van der Waals surface area contributed by atoms with Gasteiger partial charge in [0.25, 0.3) is 5.91 Å². The molecule has 0 unspecified atom stereocenters. The molecule has 0 fully saturated rings. The second-order valence-corrected chi connectivity index (χ2v) is 6.54. The van der Waals surface area contributed by atoms with E-state index in [-0.39, 0.29) is 5.91 Å². The van der Waals surface area contributed by atoms with Crippen molar-refractivity contribution >= 4 is 17.2 Å². The molecule has 5 nitrogen and oxygen atoms in total. The van der Waals surface area contributed by atoms with Gasteiger partial charge in [-0.2, -0.15) is 0 Å². The Morgan fingerprint density at radius 3 is 2.46 bits per heavy atom. The normalized spacial score (nSPS) is 10.4. The summed E-state index contributed by atoms with van der Waals surface area (Å²) in [6.45, 7) is 2.83. The standard InChI is InChI=1S/C20H20N2O3S/c1-14-3-5-15(6-4-14)20-22-18(13-26-20)19(23)21-11-12-25-17-9-7-16(24-2)8-10-17/h3-10,13H,11-12H2,1-2H3,(H,21,23). The maximum absolute atomic E-state index is 12.2. The molecule has 0 aliphatic heterocycles. The third-order valence-electron chi connectivity index (χ3n) is 3.75. The molecule has 0 aliphatic rings. The number of carbonyl (C=O) groups excluding carboxylic acids is 1. The fourth-order valence-electron chi connectivity index (χ4n) is 2.30. The van der Waals surface area contributed by atoms with Crippen molar-refractivity contribution in [3.8, 4) is 22.1 Å². The fourth-order valence-corrected chi connectivity index (χ4v) is 3.11. The van der Waals surface area contributed by atoms with Crippen LogP contribution in [-0.2, 0) is 0 Å².